The van der Waals surface area contributed by atoms with Gasteiger partial charge in [-0.2, -0.15) is 5.10 Å². The van der Waals surface area contributed by atoms with Crippen LogP contribution < -0.4 is 10.9 Å². The van der Waals surface area contributed by atoms with Crippen molar-refractivity contribution in [2.45, 2.75) is 13.5 Å². The predicted molar refractivity (Wildman–Crippen MR) is 110 cm³/mol. The maximum absolute atomic E-state index is 12.8. The molecule has 0 saturated carbocycles. The fourth-order valence-electron chi connectivity index (χ4n) is 3.00. The summed E-state index contributed by atoms with van der Waals surface area (Å²) in [7, 11) is 0. The Morgan fingerprint density at radius 1 is 1.04 bits per heavy atom. The Morgan fingerprint density at radius 3 is 2.70 bits per heavy atom. The van der Waals surface area contributed by atoms with Gasteiger partial charge in [-0.3, -0.25) is 9.78 Å². The molecule has 1 N–H and O–H groups in total. The van der Waals surface area contributed by atoms with E-state index in [0.717, 1.165) is 22.0 Å². The van der Waals surface area contributed by atoms with Gasteiger partial charge in [-0.1, -0.05) is 48.0 Å². The van der Waals surface area contributed by atoms with Gasteiger partial charge in [-0.15, -0.1) is 0 Å². The topological polar surface area (TPSA) is 59.8 Å². The second-order valence-electron chi connectivity index (χ2n) is 6.11. The van der Waals surface area contributed by atoms with Crippen molar-refractivity contribution in [3.63, 3.8) is 0 Å². The van der Waals surface area contributed by atoms with Crippen molar-refractivity contribution in [1.82, 2.24) is 14.8 Å². The number of aryl methyl sites for hydroxylation is 1. The number of nitrogens with one attached hydrogen (secondary N) is 1. The minimum absolute atomic E-state index is 0.184. The highest BCUT2D eigenvalue weighted by Gasteiger charge is 2.11. The zero-order valence-electron chi connectivity index (χ0n) is 14.7. The van der Waals surface area contributed by atoms with E-state index < -0.39 is 0 Å². The SMILES string of the molecule is CCn1nc(-c2cccc(Cl)c2)cc(Nc2cncc3ccccc23)c1=O. The monoisotopic (exact) mass is 376 g/mol. The molecule has 0 spiro atoms. The molecule has 2 heterocycles. The lowest BCUT2D eigenvalue weighted by Gasteiger charge is -2.12. The van der Waals surface area contributed by atoms with Crippen molar-refractivity contribution in [3.05, 3.63) is 82.4 Å². The van der Waals surface area contributed by atoms with Crippen LogP contribution in [0.4, 0.5) is 11.4 Å². The second-order valence-corrected chi connectivity index (χ2v) is 6.54. The van der Waals surface area contributed by atoms with Crippen LogP contribution in [0.3, 0.4) is 0 Å². The maximum atomic E-state index is 12.8. The third-order valence-corrected chi connectivity index (χ3v) is 4.57. The number of hydrogen-bond acceptors (Lipinski definition) is 4. The van der Waals surface area contributed by atoms with Crippen molar-refractivity contribution in [1.29, 1.82) is 0 Å². The van der Waals surface area contributed by atoms with Crippen molar-refractivity contribution in [2.75, 3.05) is 5.32 Å². The minimum Gasteiger partial charge on any atom is -0.349 e. The highest BCUT2D eigenvalue weighted by molar-refractivity contribution is 6.30. The second kappa shape index (κ2) is 7.21. The average Bonchev–Trinajstić information content (AvgIpc) is 2.70. The van der Waals surface area contributed by atoms with Gasteiger partial charge in [0.1, 0.15) is 5.69 Å². The number of hydrogen-bond donors (Lipinski definition) is 1. The molecule has 134 valence electrons. The predicted octanol–water partition coefficient (Wildman–Crippen LogP) is 4.88. The number of anilines is 2. The largest absolute Gasteiger partial charge is 0.349 e. The molecule has 4 aromatic rings. The summed E-state index contributed by atoms with van der Waals surface area (Å²) in [5.74, 6) is 0. The highest BCUT2D eigenvalue weighted by atomic mass is 35.5. The summed E-state index contributed by atoms with van der Waals surface area (Å²) in [4.78, 5) is 17.1. The molecule has 0 saturated heterocycles. The van der Waals surface area contributed by atoms with Crippen LogP contribution in [0.1, 0.15) is 6.92 Å². The Kier molecular flexibility index (Phi) is 4.60. The zero-order chi connectivity index (χ0) is 18.8. The van der Waals surface area contributed by atoms with Gasteiger partial charge in [0.25, 0.3) is 5.56 Å². The van der Waals surface area contributed by atoms with E-state index in [2.05, 4.69) is 15.4 Å². The summed E-state index contributed by atoms with van der Waals surface area (Å²) in [6.07, 6.45) is 3.52. The van der Waals surface area contributed by atoms with Gasteiger partial charge in [0.05, 0.1) is 17.6 Å². The molecular formula is C21H17ClN4O. The molecule has 27 heavy (non-hydrogen) atoms. The van der Waals surface area contributed by atoms with Gasteiger partial charge >= 0.3 is 0 Å². The number of fused-ring (bicyclic) bond motifs is 1. The van der Waals surface area contributed by atoms with Crippen LogP contribution in [0.25, 0.3) is 22.0 Å². The Labute approximate surface area is 161 Å². The fourth-order valence-corrected chi connectivity index (χ4v) is 3.19. The lowest BCUT2D eigenvalue weighted by atomic mass is 10.1. The lowest BCUT2D eigenvalue weighted by molar-refractivity contribution is 0.621. The number of rotatable bonds is 4. The first-order valence-corrected chi connectivity index (χ1v) is 9.01. The summed E-state index contributed by atoms with van der Waals surface area (Å²) in [5, 5.41) is 10.3. The van der Waals surface area contributed by atoms with Crippen molar-refractivity contribution < 1.29 is 0 Å². The summed E-state index contributed by atoms with van der Waals surface area (Å²) in [5.41, 5.74) is 2.56. The third-order valence-electron chi connectivity index (χ3n) is 4.33. The molecule has 0 aliphatic carbocycles. The molecule has 6 heteroatoms. The maximum Gasteiger partial charge on any atom is 0.290 e. The van der Waals surface area contributed by atoms with Gasteiger partial charge < -0.3 is 5.32 Å². The van der Waals surface area contributed by atoms with Gasteiger partial charge in [0, 0.05) is 34.1 Å². The first-order chi connectivity index (χ1) is 13.2. The van der Waals surface area contributed by atoms with Gasteiger partial charge in [0.2, 0.25) is 0 Å². The number of aromatic nitrogens is 3. The molecule has 0 amide bonds. The van der Waals surface area contributed by atoms with Crippen molar-refractivity contribution in [3.8, 4) is 11.3 Å². The normalized spacial score (nSPS) is 10.9. The number of benzene rings is 2. The molecule has 0 aliphatic heterocycles. The minimum atomic E-state index is -0.184. The van der Waals surface area contributed by atoms with Gasteiger partial charge in [-0.25, -0.2) is 4.68 Å². The Bertz CT molecular complexity index is 1180. The van der Waals surface area contributed by atoms with E-state index in [1.807, 2.05) is 55.5 Å². The van der Waals surface area contributed by atoms with Crippen LogP contribution in [0.15, 0.2) is 71.8 Å². The summed E-state index contributed by atoms with van der Waals surface area (Å²) >= 11 is 6.11. The number of pyridine rings is 1. The molecule has 5 nitrogen and oxygen atoms in total. The van der Waals surface area contributed by atoms with E-state index in [1.165, 1.54) is 4.68 Å². The van der Waals surface area contributed by atoms with Crippen molar-refractivity contribution in [2.24, 2.45) is 0 Å². The van der Waals surface area contributed by atoms with Gasteiger partial charge in [-0.05, 0) is 25.1 Å². The van der Waals surface area contributed by atoms with E-state index in [0.29, 0.717) is 22.9 Å². The summed E-state index contributed by atoms with van der Waals surface area (Å²) in [6, 6.07) is 17.1. The number of nitrogens with zero attached hydrogens (tertiary/aromatic N) is 3. The van der Waals surface area contributed by atoms with Gasteiger partial charge in [0.15, 0.2) is 0 Å². The van der Waals surface area contributed by atoms with E-state index in [9.17, 15) is 4.79 Å². The standard InChI is InChI=1S/C21H17ClN4O/c1-2-26-21(27)19(11-18(25-26)14-7-5-8-16(22)10-14)24-20-13-23-12-15-6-3-4-9-17(15)20/h3-13,24H,2H2,1H3. The smallest absolute Gasteiger partial charge is 0.290 e. The van der Waals surface area contributed by atoms with Crippen LogP contribution in [0.5, 0.6) is 0 Å². The molecule has 0 atom stereocenters. The molecule has 4 rings (SSSR count). The van der Waals surface area contributed by atoms with E-state index in [-0.39, 0.29) is 5.56 Å². The van der Waals surface area contributed by atoms with Crippen molar-refractivity contribution >= 4 is 33.7 Å². The Morgan fingerprint density at radius 2 is 1.89 bits per heavy atom. The Balaban J connectivity index is 1.84. The molecule has 2 aromatic carbocycles. The molecule has 0 fully saturated rings. The van der Waals surface area contributed by atoms with E-state index in [1.54, 1.807) is 18.5 Å². The quantitative estimate of drug-likeness (QED) is 0.551. The molecule has 0 unspecified atom stereocenters. The first-order valence-electron chi connectivity index (χ1n) is 8.63. The number of halogens is 1. The summed E-state index contributed by atoms with van der Waals surface area (Å²) in [6.45, 7) is 2.36. The van der Waals surface area contributed by atoms with E-state index in [4.69, 9.17) is 11.6 Å². The van der Waals surface area contributed by atoms with Crippen LogP contribution in [0, 0.1) is 0 Å². The Hall–Kier alpha value is -3.18. The zero-order valence-corrected chi connectivity index (χ0v) is 15.4. The summed E-state index contributed by atoms with van der Waals surface area (Å²) < 4.78 is 1.44. The van der Waals surface area contributed by atoms with Crippen LogP contribution in [-0.4, -0.2) is 14.8 Å². The van der Waals surface area contributed by atoms with Crippen LogP contribution in [0.2, 0.25) is 5.02 Å². The lowest BCUT2D eigenvalue weighted by Crippen LogP contribution is -2.24. The highest BCUT2D eigenvalue weighted by Crippen LogP contribution is 2.26. The molecule has 0 radical (unpaired) electrons. The fraction of sp³-hybridized carbons (Fsp3) is 0.0952. The molecular weight excluding hydrogens is 360 g/mol. The van der Waals surface area contributed by atoms with Crippen LogP contribution in [-0.2, 0) is 6.54 Å². The average molecular weight is 377 g/mol. The van der Waals surface area contributed by atoms with Crippen LogP contribution >= 0.6 is 11.6 Å². The first kappa shape index (κ1) is 17.2. The molecule has 0 bridgehead atoms. The molecule has 2 aromatic heterocycles. The third kappa shape index (κ3) is 3.41. The van der Waals surface area contributed by atoms with E-state index >= 15 is 0 Å². The molecule has 0 aliphatic rings.